The average molecular weight is 270 g/mol. The molecule has 0 unspecified atom stereocenters. The van der Waals surface area contributed by atoms with Gasteiger partial charge < -0.3 is 0 Å². The normalized spacial score (nSPS) is 24.0. The van der Waals surface area contributed by atoms with Crippen molar-refractivity contribution >= 4 is 11.8 Å². The second-order valence-corrected chi connectivity index (χ2v) is 5.44. The minimum atomic E-state index is -0.188. The van der Waals surface area contributed by atoms with Crippen LogP contribution in [0.3, 0.4) is 0 Å². The van der Waals surface area contributed by atoms with Gasteiger partial charge in [-0.25, -0.2) is 0 Å². The number of amides is 2. The van der Waals surface area contributed by atoms with Crippen molar-refractivity contribution in [1.82, 2.24) is 10.2 Å². The zero-order valence-electron chi connectivity index (χ0n) is 11.4. The van der Waals surface area contributed by atoms with Crippen LogP contribution in [0.2, 0.25) is 0 Å². The first-order valence-electron chi connectivity index (χ1n) is 7.04. The zero-order valence-corrected chi connectivity index (χ0v) is 11.4. The molecule has 3 rings (SSSR count). The van der Waals surface area contributed by atoms with E-state index in [9.17, 15) is 9.59 Å². The summed E-state index contributed by atoms with van der Waals surface area (Å²) in [6, 6.07) is 10.3. The highest BCUT2D eigenvalue weighted by Gasteiger charge is 2.28. The van der Waals surface area contributed by atoms with E-state index in [0.717, 1.165) is 38.0 Å². The zero-order chi connectivity index (χ0) is 13.9. The molecule has 2 aliphatic heterocycles. The van der Waals surface area contributed by atoms with Gasteiger partial charge in [0, 0.05) is 18.7 Å². The van der Waals surface area contributed by atoms with Gasteiger partial charge in [0.1, 0.15) is 0 Å². The molecule has 0 aliphatic carbocycles. The summed E-state index contributed by atoms with van der Waals surface area (Å²) in [4.78, 5) is 25.4. The van der Waals surface area contributed by atoms with Crippen LogP contribution >= 0.6 is 0 Å². The first-order chi connectivity index (χ1) is 9.72. The van der Waals surface area contributed by atoms with E-state index in [1.165, 1.54) is 5.56 Å². The van der Waals surface area contributed by atoms with Crippen LogP contribution in [-0.4, -0.2) is 29.8 Å². The minimum absolute atomic E-state index is 0.169. The Morgan fingerprint density at radius 2 is 1.95 bits per heavy atom. The fourth-order valence-electron chi connectivity index (χ4n) is 2.94. The Hall–Kier alpha value is -1.94. The third-order valence-electron chi connectivity index (χ3n) is 3.91. The van der Waals surface area contributed by atoms with Crippen molar-refractivity contribution in [3.63, 3.8) is 0 Å². The second-order valence-electron chi connectivity index (χ2n) is 5.44. The van der Waals surface area contributed by atoms with Gasteiger partial charge in [0.15, 0.2) is 0 Å². The second kappa shape index (κ2) is 5.59. The van der Waals surface area contributed by atoms with Gasteiger partial charge >= 0.3 is 0 Å². The molecule has 2 amide bonds. The monoisotopic (exact) mass is 270 g/mol. The Kier molecular flexibility index (Phi) is 3.65. The molecule has 2 aliphatic rings. The van der Waals surface area contributed by atoms with Crippen LogP contribution in [0.4, 0.5) is 0 Å². The third kappa shape index (κ3) is 2.80. The summed E-state index contributed by atoms with van der Waals surface area (Å²) in [7, 11) is 0. The molecule has 20 heavy (non-hydrogen) atoms. The number of nitrogens with zero attached hydrogens (tertiary/aromatic N) is 1. The molecular weight excluding hydrogens is 252 g/mol. The lowest BCUT2D eigenvalue weighted by atomic mass is 9.97. The largest absolute Gasteiger partial charge is 0.295 e. The van der Waals surface area contributed by atoms with E-state index in [4.69, 9.17) is 0 Å². The summed E-state index contributed by atoms with van der Waals surface area (Å²) in [5, 5.41) is 2.37. The summed E-state index contributed by atoms with van der Waals surface area (Å²) >= 11 is 0. The highest BCUT2D eigenvalue weighted by molar-refractivity contribution is 6.13. The van der Waals surface area contributed by atoms with E-state index in [-0.39, 0.29) is 18.2 Å². The van der Waals surface area contributed by atoms with E-state index in [1.807, 2.05) is 18.2 Å². The van der Waals surface area contributed by atoms with Crippen molar-refractivity contribution in [3.05, 3.63) is 47.0 Å². The molecule has 104 valence electrons. The maximum absolute atomic E-state index is 11.7. The SMILES string of the molecule is O=C1CC(=C2CCCN(Cc3ccccc3)C2)C(=O)N1. The molecule has 4 heteroatoms. The average Bonchev–Trinajstić information content (AvgIpc) is 2.79. The van der Waals surface area contributed by atoms with Gasteiger partial charge in [-0.3, -0.25) is 19.8 Å². The minimum Gasteiger partial charge on any atom is -0.295 e. The number of nitrogens with one attached hydrogen (secondary N) is 1. The highest BCUT2D eigenvalue weighted by atomic mass is 16.2. The van der Waals surface area contributed by atoms with Crippen molar-refractivity contribution in [1.29, 1.82) is 0 Å². The maximum atomic E-state index is 11.7. The van der Waals surface area contributed by atoms with Gasteiger partial charge in [-0.05, 0) is 30.5 Å². The number of benzene rings is 1. The molecule has 0 radical (unpaired) electrons. The fraction of sp³-hybridized carbons (Fsp3) is 0.375. The van der Waals surface area contributed by atoms with Crippen molar-refractivity contribution in [2.45, 2.75) is 25.8 Å². The summed E-state index contributed by atoms with van der Waals surface area (Å²) in [6.45, 7) is 2.74. The molecule has 2 saturated heterocycles. The lowest BCUT2D eigenvalue weighted by molar-refractivity contribution is -0.124. The molecule has 0 bridgehead atoms. The van der Waals surface area contributed by atoms with Crippen LogP contribution in [0, 0.1) is 0 Å². The van der Waals surface area contributed by atoms with Gasteiger partial charge in [0.05, 0.1) is 6.42 Å². The summed E-state index contributed by atoms with van der Waals surface area (Å²) < 4.78 is 0. The topological polar surface area (TPSA) is 49.4 Å². The van der Waals surface area contributed by atoms with Crippen LogP contribution in [0.1, 0.15) is 24.8 Å². The molecule has 4 nitrogen and oxygen atoms in total. The highest BCUT2D eigenvalue weighted by Crippen LogP contribution is 2.24. The van der Waals surface area contributed by atoms with Gasteiger partial charge in [-0.15, -0.1) is 0 Å². The van der Waals surface area contributed by atoms with E-state index in [2.05, 4.69) is 22.3 Å². The van der Waals surface area contributed by atoms with Gasteiger partial charge in [0.2, 0.25) is 5.91 Å². The molecule has 0 spiro atoms. The Morgan fingerprint density at radius 3 is 2.65 bits per heavy atom. The number of likely N-dealkylation sites (tertiary alicyclic amines) is 1. The predicted octanol–water partition coefficient (Wildman–Crippen LogP) is 1.63. The maximum Gasteiger partial charge on any atom is 0.254 e. The van der Waals surface area contributed by atoms with Crippen molar-refractivity contribution in [3.8, 4) is 0 Å². The molecule has 0 saturated carbocycles. The number of carbonyl (C=O) groups is 2. The molecular formula is C16H18N2O2. The van der Waals surface area contributed by atoms with Crippen molar-refractivity contribution in [2.75, 3.05) is 13.1 Å². The van der Waals surface area contributed by atoms with E-state index < -0.39 is 0 Å². The molecule has 1 aromatic carbocycles. The first-order valence-corrected chi connectivity index (χ1v) is 7.04. The van der Waals surface area contributed by atoms with Gasteiger partial charge in [-0.1, -0.05) is 30.3 Å². The lowest BCUT2D eigenvalue weighted by Gasteiger charge is -2.29. The third-order valence-corrected chi connectivity index (χ3v) is 3.91. The smallest absolute Gasteiger partial charge is 0.254 e. The van der Waals surface area contributed by atoms with Crippen molar-refractivity contribution in [2.24, 2.45) is 0 Å². The number of carbonyl (C=O) groups excluding carboxylic acids is 2. The van der Waals surface area contributed by atoms with Crippen molar-refractivity contribution < 1.29 is 9.59 Å². The number of hydrogen-bond donors (Lipinski definition) is 1. The molecule has 2 fully saturated rings. The number of imide groups is 1. The van der Waals surface area contributed by atoms with Gasteiger partial charge in [0.25, 0.3) is 5.91 Å². The quantitative estimate of drug-likeness (QED) is 0.656. The number of piperidine rings is 1. The number of hydrogen-bond acceptors (Lipinski definition) is 3. The number of rotatable bonds is 2. The standard InChI is InChI=1S/C16H18N2O2/c19-15-9-14(16(20)17-15)13-7-4-8-18(11-13)10-12-5-2-1-3-6-12/h1-3,5-6H,4,7-11H2,(H,17,19,20). The molecule has 2 heterocycles. The molecule has 1 aromatic rings. The van der Waals surface area contributed by atoms with Crippen LogP contribution in [-0.2, 0) is 16.1 Å². The Labute approximate surface area is 118 Å². The Morgan fingerprint density at radius 1 is 1.15 bits per heavy atom. The van der Waals surface area contributed by atoms with Crippen LogP contribution in [0.25, 0.3) is 0 Å². The molecule has 0 atom stereocenters. The summed E-state index contributed by atoms with van der Waals surface area (Å²) in [5.74, 6) is -0.357. The molecule has 1 N–H and O–H groups in total. The Balaban J connectivity index is 1.72. The summed E-state index contributed by atoms with van der Waals surface area (Å²) in [6.07, 6.45) is 2.24. The predicted molar refractivity (Wildman–Crippen MR) is 75.7 cm³/mol. The van der Waals surface area contributed by atoms with E-state index in [1.54, 1.807) is 0 Å². The van der Waals surface area contributed by atoms with Crippen LogP contribution < -0.4 is 5.32 Å². The van der Waals surface area contributed by atoms with Crippen LogP contribution in [0.15, 0.2) is 41.5 Å². The van der Waals surface area contributed by atoms with Gasteiger partial charge in [-0.2, -0.15) is 0 Å². The van der Waals surface area contributed by atoms with Crippen LogP contribution in [0.5, 0.6) is 0 Å². The Bertz CT molecular complexity index is 563. The summed E-state index contributed by atoms with van der Waals surface area (Å²) in [5.41, 5.74) is 3.12. The van der Waals surface area contributed by atoms with E-state index >= 15 is 0 Å². The lowest BCUT2D eigenvalue weighted by Crippen LogP contribution is -2.32. The van der Waals surface area contributed by atoms with E-state index in [0.29, 0.717) is 5.57 Å². The first kappa shape index (κ1) is 13.1. The molecule has 0 aromatic heterocycles. The fourth-order valence-corrected chi connectivity index (χ4v) is 2.94.